The maximum Gasteiger partial charge on any atom is 0.133 e. The van der Waals surface area contributed by atoms with Crippen molar-refractivity contribution in [2.45, 2.75) is 19.4 Å². The SMILES string of the molecule is CC1CNCCN1CCCOc1ccccc1Br.Cl.Cl. The Morgan fingerprint density at radius 3 is 2.80 bits per heavy atom. The van der Waals surface area contributed by atoms with Crippen LogP contribution >= 0.6 is 40.7 Å². The Labute approximate surface area is 142 Å². The molecule has 1 N–H and O–H groups in total. The quantitative estimate of drug-likeness (QED) is 0.786. The van der Waals surface area contributed by atoms with Crippen LogP contribution in [0.15, 0.2) is 28.7 Å². The van der Waals surface area contributed by atoms with Crippen LogP contribution in [0.4, 0.5) is 0 Å². The first-order valence-corrected chi connectivity index (χ1v) is 7.39. The zero-order chi connectivity index (χ0) is 12.8. The van der Waals surface area contributed by atoms with E-state index in [0.717, 1.165) is 49.4 Å². The Morgan fingerprint density at radius 2 is 2.10 bits per heavy atom. The summed E-state index contributed by atoms with van der Waals surface area (Å²) in [5, 5.41) is 3.41. The van der Waals surface area contributed by atoms with Gasteiger partial charge in [-0.2, -0.15) is 0 Å². The van der Waals surface area contributed by atoms with Gasteiger partial charge in [-0.1, -0.05) is 12.1 Å². The number of halogens is 3. The highest BCUT2D eigenvalue weighted by Gasteiger charge is 2.16. The molecule has 1 atom stereocenters. The van der Waals surface area contributed by atoms with E-state index in [4.69, 9.17) is 4.74 Å². The highest BCUT2D eigenvalue weighted by molar-refractivity contribution is 9.10. The number of hydrogen-bond donors (Lipinski definition) is 1. The first kappa shape index (κ1) is 20.0. The lowest BCUT2D eigenvalue weighted by Gasteiger charge is -2.33. The van der Waals surface area contributed by atoms with Crippen LogP contribution in [0, 0.1) is 0 Å². The second-order valence-electron chi connectivity index (χ2n) is 4.72. The van der Waals surface area contributed by atoms with Crippen LogP contribution < -0.4 is 10.1 Å². The minimum Gasteiger partial charge on any atom is -0.492 e. The molecular formula is C14H23BrCl2N2O. The van der Waals surface area contributed by atoms with E-state index in [0.29, 0.717) is 6.04 Å². The van der Waals surface area contributed by atoms with Crippen molar-refractivity contribution in [3.05, 3.63) is 28.7 Å². The predicted molar refractivity (Wildman–Crippen MR) is 92.7 cm³/mol. The minimum atomic E-state index is 0. The zero-order valence-corrected chi connectivity index (χ0v) is 14.9. The summed E-state index contributed by atoms with van der Waals surface area (Å²) in [6, 6.07) is 8.64. The summed E-state index contributed by atoms with van der Waals surface area (Å²) in [5.41, 5.74) is 0. The molecule has 1 aromatic rings. The average molecular weight is 386 g/mol. The van der Waals surface area contributed by atoms with Crippen molar-refractivity contribution in [1.82, 2.24) is 10.2 Å². The first-order chi connectivity index (χ1) is 8.77. The van der Waals surface area contributed by atoms with Crippen molar-refractivity contribution in [3.8, 4) is 5.75 Å². The summed E-state index contributed by atoms with van der Waals surface area (Å²) < 4.78 is 6.80. The van der Waals surface area contributed by atoms with Crippen molar-refractivity contribution in [2.75, 3.05) is 32.8 Å². The second kappa shape index (κ2) is 10.7. The van der Waals surface area contributed by atoms with E-state index >= 15 is 0 Å². The molecule has 0 bridgehead atoms. The molecule has 0 aromatic heterocycles. The fourth-order valence-electron chi connectivity index (χ4n) is 2.23. The highest BCUT2D eigenvalue weighted by Crippen LogP contribution is 2.23. The summed E-state index contributed by atoms with van der Waals surface area (Å²) in [5.74, 6) is 0.936. The van der Waals surface area contributed by atoms with Crippen molar-refractivity contribution in [1.29, 1.82) is 0 Å². The monoisotopic (exact) mass is 384 g/mol. The van der Waals surface area contributed by atoms with Crippen molar-refractivity contribution < 1.29 is 4.74 Å². The molecule has 20 heavy (non-hydrogen) atoms. The predicted octanol–water partition coefficient (Wildman–Crippen LogP) is 3.36. The molecule has 1 aliphatic heterocycles. The third-order valence-corrected chi connectivity index (χ3v) is 3.98. The van der Waals surface area contributed by atoms with Crippen molar-refractivity contribution >= 4 is 40.7 Å². The normalized spacial score (nSPS) is 18.8. The molecule has 0 amide bonds. The van der Waals surface area contributed by atoms with Gasteiger partial charge in [0, 0.05) is 32.2 Å². The van der Waals surface area contributed by atoms with Crippen molar-refractivity contribution in [3.63, 3.8) is 0 Å². The second-order valence-corrected chi connectivity index (χ2v) is 5.58. The number of nitrogens with zero attached hydrogens (tertiary/aromatic N) is 1. The Bertz CT molecular complexity index is 382. The molecule has 1 heterocycles. The number of ether oxygens (including phenoxy) is 1. The molecule has 0 radical (unpaired) electrons. The lowest BCUT2D eigenvalue weighted by Crippen LogP contribution is -2.50. The molecule has 116 valence electrons. The molecule has 6 heteroatoms. The number of benzene rings is 1. The zero-order valence-electron chi connectivity index (χ0n) is 11.7. The molecule has 2 rings (SSSR count). The smallest absolute Gasteiger partial charge is 0.133 e. The summed E-state index contributed by atoms with van der Waals surface area (Å²) in [4.78, 5) is 2.53. The minimum absolute atomic E-state index is 0. The molecule has 1 aromatic carbocycles. The standard InChI is InChI=1S/C14H21BrN2O.2ClH/c1-12-11-16-7-9-17(12)8-4-10-18-14-6-3-2-5-13(14)15;;/h2-3,5-6,12,16H,4,7-11H2,1H3;2*1H. The van der Waals surface area contributed by atoms with Gasteiger partial charge in [0.25, 0.3) is 0 Å². The fourth-order valence-corrected chi connectivity index (χ4v) is 2.63. The van der Waals surface area contributed by atoms with Crippen LogP contribution in [0.2, 0.25) is 0 Å². The Morgan fingerprint density at radius 1 is 1.35 bits per heavy atom. The van der Waals surface area contributed by atoms with Gasteiger partial charge in [-0.05, 0) is 41.4 Å². The van der Waals surface area contributed by atoms with Crippen LogP contribution in [0.3, 0.4) is 0 Å². The van der Waals surface area contributed by atoms with Gasteiger partial charge in [0.15, 0.2) is 0 Å². The molecule has 0 spiro atoms. The number of hydrogen-bond acceptors (Lipinski definition) is 3. The van der Waals surface area contributed by atoms with Gasteiger partial charge in [0.05, 0.1) is 11.1 Å². The molecule has 1 aliphatic rings. The van der Waals surface area contributed by atoms with Gasteiger partial charge in [-0.15, -0.1) is 24.8 Å². The summed E-state index contributed by atoms with van der Waals surface area (Å²) in [6.45, 7) is 7.53. The Balaban J connectivity index is 0.00000180. The van der Waals surface area contributed by atoms with E-state index in [9.17, 15) is 0 Å². The summed E-state index contributed by atoms with van der Waals surface area (Å²) in [7, 11) is 0. The maximum absolute atomic E-state index is 5.77. The highest BCUT2D eigenvalue weighted by atomic mass is 79.9. The van der Waals surface area contributed by atoms with E-state index in [1.807, 2.05) is 24.3 Å². The number of nitrogens with one attached hydrogen (secondary N) is 1. The van der Waals surface area contributed by atoms with Crippen LogP contribution in [0.5, 0.6) is 5.75 Å². The van der Waals surface area contributed by atoms with Crippen LogP contribution in [0.1, 0.15) is 13.3 Å². The molecule has 1 saturated heterocycles. The maximum atomic E-state index is 5.77. The largest absolute Gasteiger partial charge is 0.492 e. The number of rotatable bonds is 5. The Kier molecular flexibility index (Phi) is 10.7. The number of para-hydroxylation sites is 1. The number of piperazine rings is 1. The molecule has 1 fully saturated rings. The first-order valence-electron chi connectivity index (χ1n) is 6.59. The third-order valence-electron chi connectivity index (χ3n) is 3.32. The van der Waals surface area contributed by atoms with Crippen LogP contribution in [-0.2, 0) is 0 Å². The molecule has 1 unspecified atom stereocenters. The fraction of sp³-hybridized carbons (Fsp3) is 0.571. The van der Waals surface area contributed by atoms with E-state index in [2.05, 4.69) is 33.1 Å². The summed E-state index contributed by atoms with van der Waals surface area (Å²) >= 11 is 3.49. The van der Waals surface area contributed by atoms with Gasteiger partial charge >= 0.3 is 0 Å². The van der Waals surface area contributed by atoms with Crippen LogP contribution in [0.25, 0.3) is 0 Å². The third kappa shape index (κ3) is 6.19. The average Bonchev–Trinajstić information content (AvgIpc) is 2.38. The van der Waals surface area contributed by atoms with Gasteiger partial charge in [-0.25, -0.2) is 0 Å². The van der Waals surface area contributed by atoms with Gasteiger partial charge in [0.2, 0.25) is 0 Å². The molecule has 3 nitrogen and oxygen atoms in total. The van der Waals surface area contributed by atoms with E-state index < -0.39 is 0 Å². The lowest BCUT2D eigenvalue weighted by molar-refractivity contribution is 0.160. The van der Waals surface area contributed by atoms with Gasteiger partial charge in [0.1, 0.15) is 5.75 Å². The van der Waals surface area contributed by atoms with Crippen LogP contribution in [-0.4, -0.2) is 43.7 Å². The molecular weight excluding hydrogens is 363 g/mol. The van der Waals surface area contributed by atoms with Gasteiger partial charge in [-0.3, -0.25) is 4.90 Å². The molecule has 0 saturated carbocycles. The lowest BCUT2D eigenvalue weighted by atomic mass is 10.2. The Hall–Kier alpha value is -0.000000000000000111. The van der Waals surface area contributed by atoms with E-state index in [1.54, 1.807) is 0 Å². The van der Waals surface area contributed by atoms with E-state index in [1.165, 1.54) is 0 Å². The van der Waals surface area contributed by atoms with E-state index in [-0.39, 0.29) is 24.8 Å². The summed E-state index contributed by atoms with van der Waals surface area (Å²) in [6.07, 6.45) is 1.08. The molecule has 0 aliphatic carbocycles. The topological polar surface area (TPSA) is 24.5 Å². The van der Waals surface area contributed by atoms with Crippen molar-refractivity contribution in [2.24, 2.45) is 0 Å². The van der Waals surface area contributed by atoms with Gasteiger partial charge < -0.3 is 10.1 Å².